The van der Waals surface area contributed by atoms with Crippen molar-refractivity contribution in [3.63, 3.8) is 0 Å². The number of alkyl halides is 3. The number of hydrogen-bond donors (Lipinski definition) is 3. The standard InChI is InChI=1S/C26H28ClF5N6O2/c1-15-14-38(11-10-37(15)9-7-26(30,31)32)21-12-17(27)3-5-20(21)36-24(39)18-4-2-16(22(28)23(18)29)13-35-25(40)19(34)6-8-33/h2-5,12,15,19H,6-7,9-11,13-14,34H2,1H3,(H,35,40)(H,36,39)/t15-,19?/m1/s1. The highest BCUT2D eigenvalue weighted by Crippen LogP contribution is 2.32. The van der Waals surface area contributed by atoms with Crippen LogP contribution in [0.5, 0.6) is 0 Å². The summed E-state index contributed by atoms with van der Waals surface area (Å²) in [6.07, 6.45) is -5.42. The molecule has 2 amide bonds. The number of anilines is 2. The quantitative estimate of drug-likeness (QED) is 0.380. The van der Waals surface area contributed by atoms with E-state index in [0.717, 1.165) is 12.1 Å². The second kappa shape index (κ2) is 13.3. The summed E-state index contributed by atoms with van der Waals surface area (Å²) in [5.74, 6) is -4.41. The zero-order chi connectivity index (χ0) is 29.6. The number of amides is 2. The Labute approximate surface area is 232 Å². The number of hydrogen-bond acceptors (Lipinski definition) is 6. The maximum atomic E-state index is 14.9. The Morgan fingerprint density at radius 3 is 2.58 bits per heavy atom. The summed E-state index contributed by atoms with van der Waals surface area (Å²) in [6, 6.07) is 7.18. The second-order valence-corrected chi connectivity index (χ2v) is 9.83. The SMILES string of the molecule is C[C@@H]1CN(c2cc(Cl)ccc2NC(=O)c2ccc(CNC(=O)C(N)CC#N)c(F)c2F)CCN1CCC(F)(F)F. The molecule has 1 heterocycles. The number of halogens is 6. The Morgan fingerprint density at radius 1 is 1.20 bits per heavy atom. The van der Waals surface area contributed by atoms with Gasteiger partial charge in [-0.2, -0.15) is 18.4 Å². The Balaban J connectivity index is 1.72. The molecule has 1 aliphatic heterocycles. The fourth-order valence-electron chi connectivity index (χ4n) is 4.28. The molecule has 1 fully saturated rings. The Morgan fingerprint density at radius 2 is 1.93 bits per heavy atom. The molecule has 4 N–H and O–H groups in total. The van der Waals surface area contributed by atoms with Crippen LogP contribution < -0.4 is 21.3 Å². The lowest BCUT2D eigenvalue weighted by Crippen LogP contribution is -2.52. The first-order valence-corrected chi connectivity index (χ1v) is 12.7. The summed E-state index contributed by atoms with van der Waals surface area (Å²) in [7, 11) is 0. The van der Waals surface area contributed by atoms with Crippen molar-refractivity contribution < 1.29 is 31.5 Å². The molecule has 3 rings (SSSR count). The first-order valence-electron chi connectivity index (χ1n) is 12.3. The molecule has 2 aromatic carbocycles. The van der Waals surface area contributed by atoms with E-state index >= 15 is 0 Å². The van der Waals surface area contributed by atoms with Gasteiger partial charge in [0.05, 0.1) is 41.9 Å². The molecule has 8 nitrogen and oxygen atoms in total. The van der Waals surface area contributed by atoms with Gasteiger partial charge in [-0.25, -0.2) is 8.78 Å². The van der Waals surface area contributed by atoms with Crippen LogP contribution in [0.4, 0.5) is 33.3 Å². The number of nitrogens with two attached hydrogens (primary N) is 1. The van der Waals surface area contributed by atoms with E-state index in [-0.39, 0.29) is 30.3 Å². The third kappa shape index (κ3) is 8.03. The molecular weight excluding hydrogens is 559 g/mol. The van der Waals surface area contributed by atoms with Crippen LogP contribution in [-0.4, -0.2) is 61.2 Å². The third-order valence-corrected chi connectivity index (χ3v) is 6.74. The van der Waals surface area contributed by atoms with E-state index in [2.05, 4.69) is 10.6 Å². The molecule has 0 aromatic heterocycles. The van der Waals surface area contributed by atoms with E-state index in [1.165, 1.54) is 12.1 Å². The summed E-state index contributed by atoms with van der Waals surface area (Å²) < 4.78 is 67.6. The Hall–Kier alpha value is -3.47. The molecule has 14 heteroatoms. The summed E-state index contributed by atoms with van der Waals surface area (Å²) in [5, 5.41) is 13.8. The fraction of sp³-hybridized carbons (Fsp3) is 0.423. The molecule has 0 aliphatic carbocycles. The van der Waals surface area contributed by atoms with Crippen LogP contribution >= 0.6 is 11.6 Å². The third-order valence-electron chi connectivity index (χ3n) is 6.50. The smallest absolute Gasteiger partial charge is 0.367 e. The summed E-state index contributed by atoms with van der Waals surface area (Å²) in [6.45, 7) is 2.31. The Kier molecular flexibility index (Phi) is 10.3. The molecule has 0 spiro atoms. The summed E-state index contributed by atoms with van der Waals surface area (Å²) in [4.78, 5) is 28.4. The van der Waals surface area contributed by atoms with Crippen molar-refractivity contribution in [2.45, 2.75) is 44.6 Å². The monoisotopic (exact) mass is 586 g/mol. The molecule has 1 saturated heterocycles. The number of benzene rings is 2. The van der Waals surface area contributed by atoms with Gasteiger partial charge < -0.3 is 21.3 Å². The first-order chi connectivity index (χ1) is 18.8. The summed E-state index contributed by atoms with van der Waals surface area (Å²) >= 11 is 6.17. The minimum atomic E-state index is -4.26. The van der Waals surface area contributed by atoms with E-state index in [0.29, 0.717) is 30.3 Å². The normalized spacial score (nSPS) is 16.8. The van der Waals surface area contributed by atoms with Crippen molar-refractivity contribution >= 4 is 34.8 Å². The van der Waals surface area contributed by atoms with Gasteiger partial charge in [0.15, 0.2) is 11.6 Å². The van der Waals surface area contributed by atoms with Gasteiger partial charge in [-0.15, -0.1) is 0 Å². The number of nitrogens with one attached hydrogen (secondary N) is 2. The van der Waals surface area contributed by atoms with E-state index in [1.807, 2.05) is 4.90 Å². The lowest BCUT2D eigenvalue weighted by atomic mass is 10.1. The van der Waals surface area contributed by atoms with Gasteiger partial charge in [0.2, 0.25) is 5.91 Å². The number of carbonyl (C=O) groups is 2. The lowest BCUT2D eigenvalue weighted by Gasteiger charge is -2.41. The van der Waals surface area contributed by atoms with Crippen LogP contribution in [-0.2, 0) is 11.3 Å². The molecule has 0 bridgehead atoms. The minimum absolute atomic E-state index is 0.130. The molecule has 1 unspecified atom stereocenters. The van der Waals surface area contributed by atoms with Crippen LogP contribution in [0.15, 0.2) is 30.3 Å². The predicted molar refractivity (Wildman–Crippen MR) is 140 cm³/mol. The highest BCUT2D eigenvalue weighted by atomic mass is 35.5. The van der Waals surface area contributed by atoms with Crippen LogP contribution in [0.2, 0.25) is 5.02 Å². The van der Waals surface area contributed by atoms with E-state index < -0.39 is 54.2 Å². The average Bonchev–Trinajstić information content (AvgIpc) is 2.89. The number of nitriles is 1. The zero-order valence-electron chi connectivity index (χ0n) is 21.5. The molecule has 0 saturated carbocycles. The van der Waals surface area contributed by atoms with Crippen LogP contribution in [0.25, 0.3) is 0 Å². The van der Waals surface area contributed by atoms with Gasteiger partial charge >= 0.3 is 6.18 Å². The highest BCUT2D eigenvalue weighted by Gasteiger charge is 2.32. The van der Waals surface area contributed by atoms with Crippen molar-refractivity contribution in [2.24, 2.45) is 5.73 Å². The molecule has 2 aromatic rings. The maximum Gasteiger partial charge on any atom is 0.390 e. The average molecular weight is 587 g/mol. The maximum absolute atomic E-state index is 14.9. The number of rotatable bonds is 9. The van der Waals surface area contributed by atoms with Crippen LogP contribution in [0, 0.1) is 23.0 Å². The van der Waals surface area contributed by atoms with Gasteiger partial charge in [0.1, 0.15) is 0 Å². The van der Waals surface area contributed by atoms with Crippen LogP contribution in [0.1, 0.15) is 35.7 Å². The lowest BCUT2D eigenvalue weighted by molar-refractivity contribution is -0.139. The number of piperazine rings is 1. The molecule has 0 radical (unpaired) electrons. The summed E-state index contributed by atoms with van der Waals surface area (Å²) in [5.41, 5.74) is 5.44. The van der Waals surface area contributed by atoms with E-state index in [9.17, 15) is 31.5 Å². The molecular formula is C26H28ClF5N6O2. The number of carbonyl (C=O) groups excluding carboxylic acids is 2. The zero-order valence-corrected chi connectivity index (χ0v) is 22.3. The second-order valence-electron chi connectivity index (χ2n) is 9.40. The molecule has 216 valence electrons. The molecule has 40 heavy (non-hydrogen) atoms. The van der Waals surface area contributed by atoms with Gasteiger partial charge in [-0.05, 0) is 31.2 Å². The van der Waals surface area contributed by atoms with Crippen molar-refractivity contribution in [3.05, 3.63) is 58.1 Å². The highest BCUT2D eigenvalue weighted by molar-refractivity contribution is 6.31. The molecule has 2 atom stereocenters. The molecule has 1 aliphatic rings. The van der Waals surface area contributed by atoms with Crippen molar-refractivity contribution in [1.29, 1.82) is 5.26 Å². The Bertz CT molecular complexity index is 1290. The number of nitrogens with zero attached hydrogens (tertiary/aromatic N) is 3. The van der Waals surface area contributed by atoms with E-state index in [1.54, 1.807) is 24.0 Å². The van der Waals surface area contributed by atoms with Gasteiger partial charge in [-0.3, -0.25) is 14.5 Å². The van der Waals surface area contributed by atoms with Gasteiger partial charge in [-0.1, -0.05) is 17.7 Å². The van der Waals surface area contributed by atoms with E-state index in [4.69, 9.17) is 22.6 Å². The topological polar surface area (TPSA) is 114 Å². The largest absolute Gasteiger partial charge is 0.390 e. The van der Waals surface area contributed by atoms with Gasteiger partial charge in [0.25, 0.3) is 5.91 Å². The van der Waals surface area contributed by atoms with Crippen LogP contribution in [0.3, 0.4) is 0 Å². The first kappa shape index (κ1) is 31.1. The fourth-order valence-corrected chi connectivity index (χ4v) is 4.45. The van der Waals surface area contributed by atoms with Crippen molar-refractivity contribution in [1.82, 2.24) is 10.2 Å². The van der Waals surface area contributed by atoms with Gasteiger partial charge in [0, 0.05) is 49.4 Å². The van der Waals surface area contributed by atoms with Crippen molar-refractivity contribution in [3.8, 4) is 6.07 Å². The minimum Gasteiger partial charge on any atom is -0.367 e. The predicted octanol–water partition coefficient (Wildman–Crippen LogP) is 4.19. The van der Waals surface area contributed by atoms with Crippen molar-refractivity contribution in [2.75, 3.05) is 36.4 Å².